The van der Waals surface area contributed by atoms with Crippen molar-refractivity contribution in [1.29, 1.82) is 0 Å². The lowest BCUT2D eigenvalue weighted by Crippen LogP contribution is -2.33. The van der Waals surface area contributed by atoms with Gasteiger partial charge in [0.2, 0.25) is 0 Å². The molecule has 114 valence electrons. The molecule has 0 bridgehead atoms. The van der Waals surface area contributed by atoms with Gasteiger partial charge in [0, 0.05) is 12.5 Å². The summed E-state index contributed by atoms with van der Waals surface area (Å²) in [7, 11) is 0. The van der Waals surface area contributed by atoms with Crippen LogP contribution in [0.3, 0.4) is 0 Å². The number of nitrogens with one attached hydrogen (secondary N) is 1. The lowest BCUT2D eigenvalue weighted by atomic mass is 10.1. The molecule has 0 aliphatic heterocycles. The largest absolute Gasteiger partial charge is 0.390 e. The first-order chi connectivity index (χ1) is 10.5. The zero-order chi connectivity index (χ0) is 15.9. The zero-order valence-corrected chi connectivity index (χ0v) is 12.6. The van der Waals surface area contributed by atoms with Crippen molar-refractivity contribution in [3.8, 4) is 0 Å². The molecule has 1 aromatic heterocycles. The average molecular weight is 318 g/mol. The summed E-state index contributed by atoms with van der Waals surface area (Å²) in [5, 5.41) is 23.8. The van der Waals surface area contributed by atoms with Crippen LogP contribution in [0.15, 0.2) is 30.3 Å². The van der Waals surface area contributed by atoms with Crippen molar-refractivity contribution in [3.05, 3.63) is 61.3 Å². The van der Waals surface area contributed by atoms with Crippen LogP contribution >= 0.6 is 11.3 Å². The minimum absolute atomic E-state index is 0.0532. The van der Waals surface area contributed by atoms with Crippen LogP contribution in [0.5, 0.6) is 0 Å². The number of aliphatic hydroxyl groups excluding tert-OH is 1. The zero-order valence-electron chi connectivity index (χ0n) is 11.8. The van der Waals surface area contributed by atoms with Crippen molar-refractivity contribution < 1.29 is 14.8 Å². The highest BCUT2D eigenvalue weighted by molar-refractivity contribution is 7.14. The van der Waals surface area contributed by atoms with Crippen molar-refractivity contribution in [2.45, 2.75) is 25.5 Å². The first kappa shape index (κ1) is 14.7. The standard InChI is InChI=1S/C15H14N2O4S/c1-8-11(17(20)21)7-13(22-8)15(19)16-14-10-5-3-2-4-9(10)6-12(14)18/h2-5,7,12,14,18H,6H2,1H3,(H,16,19)/t12-,14-/m0/s1. The lowest BCUT2D eigenvalue weighted by Gasteiger charge is -2.17. The van der Waals surface area contributed by atoms with E-state index >= 15 is 0 Å². The first-order valence-electron chi connectivity index (χ1n) is 6.79. The third-order valence-corrected chi connectivity index (χ3v) is 4.84. The minimum atomic E-state index is -0.683. The highest BCUT2D eigenvalue weighted by Gasteiger charge is 2.32. The number of nitrogens with zero attached hydrogens (tertiary/aromatic N) is 1. The monoisotopic (exact) mass is 318 g/mol. The van der Waals surface area contributed by atoms with E-state index in [0.717, 1.165) is 22.5 Å². The normalized spacial score (nSPS) is 19.7. The van der Waals surface area contributed by atoms with Crippen molar-refractivity contribution in [1.82, 2.24) is 5.32 Å². The number of rotatable bonds is 3. The van der Waals surface area contributed by atoms with Gasteiger partial charge < -0.3 is 10.4 Å². The van der Waals surface area contributed by atoms with Crippen LogP contribution in [0.1, 0.15) is 31.7 Å². The van der Waals surface area contributed by atoms with Gasteiger partial charge in [0.1, 0.15) is 0 Å². The van der Waals surface area contributed by atoms with E-state index in [1.807, 2.05) is 24.3 Å². The van der Waals surface area contributed by atoms with Crippen molar-refractivity contribution in [2.75, 3.05) is 0 Å². The molecule has 2 aromatic rings. The summed E-state index contributed by atoms with van der Waals surface area (Å²) in [5.74, 6) is -0.401. The van der Waals surface area contributed by atoms with Crippen LogP contribution in [0.25, 0.3) is 0 Å². The smallest absolute Gasteiger partial charge is 0.283 e. The summed E-state index contributed by atoms with van der Waals surface area (Å²) in [4.78, 5) is 23.4. The Morgan fingerprint density at radius 3 is 2.86 bits per heavy atom. The summed E-state index contributed by atoms with van der Waals surface area (Å²) in [6.07, 6.45) is -0.192. The van der Waals surface area contributed by atoms with Gasteiger partial charge in [0.25, 0.3) is 11.6 Å². The number of carbonyl (C=O) groups is 1. The minimum Gasteiger partial charge on any atom is -0.390 e. The van der Waals surface area contributed by atoms with Crippen LogP contribution < -0.4 is 5.32 Å². The number of aliphatic hydroxyl groups is 1. The Bertz CT molecular complexity index is 756. The van der Waals surface area contributed by atoms with E-state index in [-0.39, 0.29) is 10.6 Å². The summed E-state index contributed by atoms with van der Waals surface area (Å²) >= 11 is 1.08. The summed E-state index contributed by atoms with van der Waals surface area (Å²) < 4.78 is 0. The Kier molecular flexibility index (Phi) is 3.67. The summed E-state index contributed by atoms with van der Waals surface area (Å²) in [6, 6.07) is 8.34. The second-order valence-electron chi connectivity index (χ2n) is 5.23. The van der Waals surface area contributed by atoms with Gasteiger partial charge in [-0.2, -0.15) is 0 Å². The number of hydrogen-bond acceptors (Lipinski definition) is 5. The number of nitro groups is 1. The maximum atomic E-state index is 12.3. The topological polar surface area (TPSA) is 92.5 Å². The number of thiophene rings is 1. The molecule has 2 N–H and O–H groups in total. The van der Waals surface area contributed by atoms with Gasteiger partial charge in [-0.25, -0.2) is 0 Å². The number of fused-ring (bicyclic) bond motifs is 1. The third-order valence-electron chi connectivity index (χ3n) is 3.80. The third kappa shape index (κ3) is 2.49. The molecule has 1 amide bonds. The van der Waals surface area contributed by atoms with Crippen LogP contribution in [0.4, 0.5) is 5.69 Å². The fraction of sp³-hybridized carbons (Fsp3) is 0.267. The molecule has 1 aliphatic rings. The van der Waals surface area contributed by atoms with Crippen LogP contribution in [-0.4, -0.2) is 22.0 Å². The van der Waals surface area contributed by atoms with Gasteiger partial charge in [0.05, 0.1) is 26.8 Å². The molecule has 22 heavy (non-hydrogen) atoms. The molecular formula is C15H14N2O4S. The molecule has 1 aromatic carbocycles. The van der Waals surface area contributed by atoms with E-state index in [9.17, 15) is 20.0 Å². The Balaban J connectivity index is 1.83. The Labute approximate surface area is 130 Å². The van der Waals surface area contributed by atoms with Gasteiger partial charge in [-0.3, -0.25) is 14.9 Å². The second kappa shape index (κ2) is 5.51. The molecule has 0 spiro atoms. The maximum Gasteiger partial charge on any atom is 0.283 e. The Morgan fingerprint density at radius 1 is 1.45 bits per heavy atom. The Hall–Kier alpha value is -2.25. The van der Waals surface area contributed by atoms with Gasteiger partial charge in [0.15, 0.2) is 0 Å². The number of carbonyl (C=O) groups excluding carboxylic acids is 1. The molecule has 1 aliphatic carbocycles. The van der Waals surface area contributed by atoms with Crippen molar-refractivity contribution in [3.63, 3.8) is 0 Å². The highest BCUT2D eigenvalue weighted by Crippen LogP contribution is 2.33. The summed E-state index contributed by atoms with van der Waals surface area (Å²) in [5.41, 5.74) is 1.85. The maximum absolute atomic E-state index is 12.3. The molecule has 7 heteroatoms. The first-order valence-corrected chi connectivity index (χ1v) is 7.60. The number of benzene rings is 1. The average Bonchev–Trinajstić information content (AvgIpc) is 3.00. The van der Waals surface area contributed by atoms with E-state index in [1.54, 1.807) is 6.92 Å². The van der Waals surface area contributed by atoms with E-state index in [4.69, 9.17) is 0 Å². The van der Waals surface area contributed by atoms with Crippen LogP contribution in [0, 0.1) is 17.0 Å². The lowest BCUT2D eigenvalue weighted by molar-refractivity contribution is -0.385. The van der Waals surface area contributed by atoms with Gasteiger partial charge in [-0.05, 0) is 18.1 Å². The second-order valence-corrected chi connectivity index (χ2v) is 6.49. The van der Waals surface area contributed by atoms with Crippen LogP contribution in [-0.2, 0) is 6.42 Å². The van der Waals surface area contributed by atoms with E-state index < -0.39 is 23.0 Å². The molecule has 2 atom stereocenters. The van der Waals surface area contributed by atoms with E-state index in [2.05, 4.69) is 5.32 Å². The fourth-order valence-corrected chi connectivity index (χ4v) is 3.62. The number of aryl methyl sites for hydroxylation is 1. The van der Waals surface area contributed by atoms with E-state index in [1.165, 1.54) is 6.07 Å². The fourth-order valence-electron chi connectivity index (χ4n) is 2.73. The Morgan fingerprint density at radius 2 is 2.18 bits per heavy atom. The quantitative estimate of drug-likeness (QED) is 0.671. The van der Waals surface area contributed by atoms with Crippen molar-refractivity contribution in [2.24, 2.45) is 0 Å². The molecule has 3 rings (SSSR count). The molecule has 0 radical (unpaired) electrons. The van der Waals surface area contributed by atoms with Gasteiger partial charge in [-0.1, -0.05) is 24.3 Å². The molecule has 0 fully saturated rings. The molecule has 0 saturated heterocycles. The van der Waals surface area contributed by atoms with Crippen molar-refractivity contribution >= 4 is 22.9 Å². The van der Waals surface area contributed by atoms with Gasteiger partial charge in [-0.15, -0.1) is 11.3 Å². The predicted molar refractivity (Wildman–Crippen MR) is 82.1 cm³/mol. The summed E-state index contributed by atoms with van der Waals surface area (Å²) in [6.45, 7) is 1.61. The van der Waals surface area contributed by atoms with Gasteiger partial charge >= 0.3 is 0 Å². The SMILES string of the molecule is Cc1sc(C(=O)N[C@H]2c3ccccc3C[C@@H]2O)cc1[N+](=O)[O-]. The molecular weight excluding hydrogens is 304 g/mol. The number of amides is 1. The van der Waals surface area contributed by atoms with E-state index in [0.29, 0.717) is 11.3 Å². The highest BCUT2D eigenvalue weighted by atomic mass is 32.1. The molecule has 0 unspecified atom stereocenters. The molecule has 0 saturated carbocycles. The molecule has 1 heterocycles. The number of hydrogen-bond donors (Lipinski definition) is 2. The predicted octanol–water partition coefficient (Wildman–Crippen LogP) is 2.35. The molecule has 6 nitrogen and oxygen atoms in total. The van der Waals surface area contributed by atoms with Crippen LogP contribution in [0.2, 0.25) is 0 Å².